The van der Waals surface area contributed by atoms with Gasteiger partial charge in [0.15, 0.2) is 5.96 Å². The van der Waals surface area contributed by atoms with E-state index in [9.17, 15) is 8.42 Å². The first-order chi connectivity index (χ1) is 10.9. The molecule has 0 saturated heterocycles. The zero-order valence-corrected chi connectivity index (χ0v) is 17.4. The summed E-state index contributed by atoms with van der Waals surface area (Å²) >= 11 is 1.18. The number of sulfonamides is 1. The van der Waals surface area contributed by atoms with Crippen LogP contribution in [0.25, 0.3) is 0 Å². The first kappa shape index (κ1) is 20.9. The van der Waals surface area contributed by atoms with E-state index < -0.39 is 10.0 Å². The summed E-state index contributed by atoms with van der Waals surface area (Å²) in [4.78, 5) is 4.12. The zero-order chi connectivity index (χ0) is 16.9. The lowest BCUT2D eigenvalue weighted by Crippen LogP contribution is -2.28. The molecule has 0 unspecified atom stereocenters. The Balaban J connectivity index is 0.00000288. The van der Waals surface area contributed by atoms with E-state index in [4.69, 9.17) is 5.73 Å². The fraction of sp³-hybridized carbons (Fsp3) is 0.267. The van der Waals surface area contributed by atoms with Gasteiger partial charge >= 0.3 is 0 Å². The number of aryl methyl sites for hydroxylation is 2. The normalized spacial score (nSPS) is 11.8. The quantitative estimate of drug-likeness (QED) is 0.256. The number of hydrogen-bond donors (Lipinski definition) is 3. The second-order valence-corrected chi connectivity index (χ2v) is 7.96. The van der Waals surface area contributed by atoms with Crippen LogP contribution in [0.15, 0.2) is 44.9 Å². The van der Waals surface area contributed by atoms with Crippen molar-refractivity contribution in [3.05, 3.63) is 46.8 Å². The molecule has 0 aliphatic heterocycles. The van der Waals surface area contributed by atoms with Gasteiger partial charge in [0.2, 0.25) is 10.0 Å². The van der Waals surface area contributed by atoms with Gasteiger partial charge in [-0.15, -0.1) is 35.3 Å². The minimum Gasteiger partial charge on any atom is -0.370 e. The van der Waals surface area contributed by atoms with Gasteiger partial charge in [-0.25, -0.2) is 13.1 Å². The topological polar surface area (TPSA) is 96.6 Å². The number of benzene rings is 1. The molecule has 1 aromatic heterocycles. The molecule has 0 aliphatic rings. The molecule has 0 fully saturated rings. The van der Waals surface area contributed by atoms with Crippen molar-refractivity contribution in [2.75, 3.05) is 18.4 Å². The average molecular weight is 480 g/mol. The number of aliphatic imine (C=N–C) groups is 1. The number of anilines is 1. The maximum Gasteiger partial charge on any atom is 0.250 e. The highest BCUT2D eigenvalue weighted by molar-refractivity contribution is 14.0. The summed E-state index contributed by atoms with van der Waals surface area (Å²) in [7, 11) is -3.45. The van der Waals surface area contributed by atoms with Crippen molar-refractivity contribution in [3.63, 3.8) is 0 Å². The lowest BCUT2D eigenvalue weighted by molar-refractivity contribution is 0.584. The second kappa shape index (κ2) is 9.35. The summed E-state index contributed by atoms with van der Waals surface area (Å²) in [6.07, 6.45) is 0. The van der Waals surface area contributed by atoms with Crippen molar-refractivity contribution in [1.82, 2.24) is 4.72 Å². The standard InChI is InChI=1S/C15H20N4O2S2.HI/c1-11-5-6-13(10-12(11)2)19-15(16)17-7-8-18-23(20,21)14-4-3-9-22-14;/h3-6,9-10,18H,7-8H2,1-2H3,(H3,16,17,19);1H. The van der Waals surface area contributed by atoms with Crippen LogP contribution in [0, 0.1) is 13.8 Å². The lowest BCUT2D eigenvalue weighted by Gasteiger charge is -2.08. The molecule has 0 spiro atoms. The van der Waals surface area contributed by atoms with Crippen molar-refractivity contribution in [3.8, 4) is 0 Å². The number of hydrogen-bond acceptors (Lipinski definition) is 4. The van der Waals surface area contributed by atoms with Crippen LogP contribution in [0.2, 0.25) is 0 Å². The van der Waals surface area contributed by atoms with Gasteiger partial charge < -0.3 is 11.1 Å². The second-order valence-electron chi connectivity index (χ2n) is 5.02. The fourth-order valence-electron chi connectivity index (χ4n) is 1.85. The molecule has 6 nitrogen and oxygen atoms in total. The zero-order valence-electron chi connectivity index (χ0n) is 13.4. The van der Waals surface area contributed by atoms with Crippen LogP contribution in [0.4, 0.5) is 5.69 Å². The molecule has 1 heterocycles. The Hall–Kier alpha value is -1.17. The molecule has 0 amide bonds. The van der Waals surface area contributed by atoms with Gasteiger partial charge in [0.05, 0.1) is 6.54 Å². The number of nitrogens with zero attached hydrogens (tertiary/aromatic N) is 1. The molecule has 0 saturated carbocycles. The molecule has 0 radical (unpaired) electrons. The van der Waals surface area contributed by atoms with E-state index >= 15 is 0 Å². The van der Waals surface area contributed by atoms with Crippen LogP contribution >= 0.6 is 35.3 Å². The Kier molecular flexibility index (Phi) is 8.13. The maximum atomic E-state index is 11.9. The van der Waals surface area contributed by atoms with Crippen molar-refractivity contribution in [2.45, 2.75) is 18.1 Å². The van der Waals surface area contributed by atoms with E-state index in [1.807, 2.05) is 32.0 Å². The van der Waals surface area contributed by atoms with Crippen molar-refractivity contribution >= 4 is 57.0 Å². The van der Waals surface area contributed by atoms with Crippen LogP contribution in [0.3, 0.4) is 0 Å². The van der Waals surface area contributed by atoms with Gasteiger partial charge in [-0.05, 0) is 48.6 Å². The van der Waals surface area contributed by atoms with Crippen molar-refractivity contribution in [2.24, 2.45) is 10.7 Å². The summed E-state index contributed by atoms with van der Waals surface area (Å²) in [5, 5.41) is 4.71. The molecule has 1 aromatic carbocycles. The fourth-order valence-corrected chi connectivity index (χ4v) is 3.91. The van der Waals surface area contributed by atoms with Gasteiger partial charge in [0, 0.05) is 12.2 Å². The highest BCUT2D eigenvalue weighted by Gasteiger charge is 2.13. The molecule has 0 aliphatic carbocycles. The highest BCUT2D eigenvalue weighted by atomic mass is 127. The molecule has 9 heteroatoms. The SMILES string of the molecule is Cc1ccc(NC(N)=NCCNS(=O)(=O)c2cccs2)cc1C.I. The number of halogens is 1. The van der Waals surface area contributed by atoms with Gasteiger partial charge in [-0.2, -0.15) is 0 Å². The molecule has 0 bridgehead atoms. The Morgan fingerprint density at radius 3 is 2.62 bits per heavy atom. The first-order valence-electron chi connectivity index (χ1n) is 7.06. The number of guanidine groups is 1. The minimum atomic E-state index is -3.45. The van der Waals surface area contributed by atoms with Crippen molar-refractivity contribution < 1.29 is 8.42 Å². The third kappa shape index (κ3) is 6.04. The van der Waals surface area contributed by atoms with E-state index in [1.54, 1.807) is 17.5 Å². The molecule has 132 valence electrons. The first-order valence-corrected chi connectivity index (χ1v) is 9.42. The third-order valence-corrected chi connectivity index (χ3v) is 6.08. The van der Waals surface area contributed by atoms with Gasteiger partial charge in [-0.3, -0.25) is 4.99 Å². The van der Waals surface area contributed by atoms with E-state index in [-0.39, 0.29) is 43.0 Å². The summed E-state index contributed by atoms with van der Waals surface area (Å²) in [5.74, 6) is 0.253. The summed E-state index contributed by atoms with van der Waals surface area (Å²) < 4.78 is 26.6. The largest absolute Gasteiger partial charge is 0.370 e. The molecule has 4 N–H and O–H groups in total. The number of nitrogens with two attached hydrogens (primary N) is 1. The predicted octanol–water partition coefficient (Wildman–Crippen LogP) is 2.69. The van der Waals surface area contributed by atoms with Crippen LogP contribution in [-0.2, 0) is 10.0 Å². The van der Waals surface area contributed by atoms with Crippen LogP contribution < -0.4 is 15.8 Å². The van der Waals surface area contributed by atoms with Crippen molar-refractivity contribution in [1.29, 1.82) is 0 Å². The molecule has 24 heavy (non-hydrogen) atoms. The maximum absolute atomic E-state index is 11.9. The van der Waals surface area contributed by atoms with E-state index in [1.165, 1.54) is 16.9 Å². The van der Waals surface area contributed by atoms with Crippen LogP contribution in [0.1, 0.15) is 11.1 Å². The van der Waals surface area contributed by atoms with Gasteiger partial charge in [0.1, 0.15) is 4.21 Å². The van der Waals surface area contributed by atoms with Crippen LogP contribution in [0.5, 0.6) is 0 Å². The Morgan fingerprint density at radius 1 is 1.25 bits per heavy atom. The van der Waals surface area contributed by atoms with Gasteiger partial charge in [0.25, 0.3) is 0 Å². The van der Waals surface area contributed by atoms with E-state index in [2.05, 4.69) is 15.0 Å². The van der Waals surface area contributed by atoms with E-state index in [0.717, 1.165) is 11.3 Å². The summed E-state index contributed by atoms with van der Waals surface area (Å²) in [6, 6.07) is 9.16. The monoisotopic (exact) mass is 480 g/mol. The summed E-state index contributed by atoms with van der Waals surface area (Å²) in [5.41, 5.74) is 9.02. The average Bonchev–Trinajstić information content (AvgIpc) is 3.03. The van der Waals surface area contributed by atoms with E-state index in [0.29, 0.717) is 4.21 Å². The minimum absolute atomic E-state index is 0. The summed E-state index contributed by atoms with van der Waals surface area (Å²) in [6.45, 7) is 4.51. The Morgan fingerprint density at radius 2 is 2.00 bits per heavy atom. The number of nitrogens with one attached hydrogen (secondary N) is 2. The molecule has 2 aromatic rings. The predicted molar refractivity (Wildman–Crippen MR) is 111 cm³/mol. The van der Waals surface area contributed by atoms with Gasteiger partial charge in [-0.1, -0.05) is 12.1 Å². The molecular formula is C15H21IN4O2S2. The smallest absolute Gasteiger partial charge is 0.250 e. The third-order valence-electron chi connectivity index (χ3n) is 3.23. The highest BCUT2D eigenvalue weighted by Crippen LogP contribution is 2.15. The molecular weight excluding hydrogens is 459 g/mol. The lowest BCUT2D eigenvalue weighted by atomic mass is 10.1. The number of rotatable bonds is 6. The van der Waals surface area contributed by atoms with Crippen LogP contribution in [-0.4, -0.2) is 27.5 Å². The molecule has 0 atom stereocenters. The number of thiophene rings is 1. The molecule has 2 rings (SSSR count). The Labute approximate surface area is 163 Å². The Bertz CT molecular complexity index is 790.